The molecular formula is C11H18N4O4. The van der Waals surface area contributed by atoms with E-state index in [4.69, 9.17) is 5.11 Å². The van der Waals surface area contributed by atoms with Gasteiger partial charge in [-0.3, -0.25) is 0 Å². The number of aliphatic hydroxyl groups is 1. The van der Waals surface area contributed by atoms with Gasteiger partial charge in [0.15, 0.2) is 6.04 Å². The molecule has 0 spiro atoms. The van der Waals surface area contributed by atoms with Crippen LogP contribution in [0.3, 0.4) is 0 Å². The summed E-state index contributed by atoms with van der Waals surface area (Å²) in [6.45, 7) is 3.15. The molecule has 0 aliphatic carbocycles. The number of carboxylic acid groups (broad SMARTS) is 1. The van der Waals surface area contributed by atoms with Gasteiger partial charge in [0.05, 0.1) is 12.1 Å². The zero-order chi connectivity index (χ0) is 14.4. The first-order chi connectivity index (χ1) is 8.95. The minimum Gasteiger partial charge on any atom is -0.480 e. The Kier molecular flexibility index (Phi) is 5.31. The second-order valence-electron chi connectivity index (χ2n) is 4.11. The van der Waals surface area contributed by atoms with Crippen molar-refractivity contribution in [2.45, 2.75) is 38.5 Å². The maximum absolute atomic E-state index is 11.7. The van der Waals surface area contributed by atoms with Gasteiger partial charge in [-0.2, -0.15) is 0 Å². The van der Waals surface area contributed by atoms with Gasteiger partial charge in [0.1, 0.15) is 5.82 Å². The molecule has 0 aliphatic heterocycles. The zero-order valence-corrected chi connectivity index (χ0v) is 10.8. The molecule has 3 atom stereocenters. The number of urea groups is 1. The van der Waals surface area contributed by atoms with E-state index in [-0.39, 0.29) is 6.04 Å². The second-order valence-corrected chi connectivity index (χ2v) is 4.11. The van der Waals surface area contributed by atoms with Gasteiger partial charge < -0.3 is 25.8 Å². The van der Waals surface area contributed by atoms with Crippen molar-refractivity contribution < 1.29 is 19.8 Å². The van der Waals surface area contributed by atoms with E-state index >= 15 is 0 Å². The number of aliphatic hydroxyl groups excluding tert-OH is 1. The molecule has 2 amide bonds. The predicted molar refractivity (Wildman–Crippen MR) is 66.4 cm³/mol. The molecule has 5 N–H and O–H groups in total. The lowest BCUT2D eigenvalue weighted by Gasteiger charge is -2.20. The lowest BCUT2D eigenvalue weighted by atomic mass is 10.2. The van der Waals surface area contributed by atoms with Crippen molar-refractivity contribution in [2.75, 3.05) is 0 Å². The highest BCUT2D eigenvalue weighted by Gasteiger charge is 2.26. The van der Waals surface area contributed by atoms with Gasteiger partial charge in [0.2, 0.25) is 0 Å². The quantitative estimate of drug-likeness (QED) is 0.497. The van der Waals surface area contributed by atoms with Crippen LogP contribution in [0, 0.1) is 0 Å². The van der Waals surface area contributed by atoms with Crippen LogP contribution in [0.25, 0.3) is 0 Å². The second kappa shape index (κ2) is 6.74. The third kappa shape index (κ3) is 4.25. The number of carbonyl (C=O) groups excluding carboxylic acids is 1. The molecule has 19 heavy (non-hydrogen) atoms. The highest BCUT2D eigenvalue weighted by molar-refractivity contribution is 5.83. The van der Waals surface area contributed by atoms with Gasteiger partial charge >= 0.3 is 12.0 Å². The molecule has 8 heteroatoms. The van der Waals surface area contributed by atoms with Gasteiger partial charge in [0.25, 0.3) is 0 Å². The van der Waals surface area contributed by atoms with Crippen LogP contribution in [0.4, 0.5) is 4.79 Å². The number of imidazole rings is 1. The number of nitrogens with one attached hydrogen (secondary N) is 3. The Morgan fingerprint density at radius 2 is 2.16 bits per heavy atom. The third-order valence-corrected chi connectivity index (χ3v) is 2.60. The normalized spacial score (nSPS) is 15.3. The van der Waals surface area contributed by atoms with Crippen molar-refractivity contribution in [3.8, 4) is 0 Å². The van der Waals surface area contributed by atoms with Crippen molar-refractivity contribution in [3.63, 3.8) is 0 Å². The predicted octanol–water partition coefficient (Wildman–Crippen LogP) is -0.00600. The minimum absolute atomic E-state index is 0.349. The Labute approximate surface area is 110 Å². The Bertz CT molecular complexity index is 418. The number of carbonyl (C=O) groups is 2. The number of aliphatic carboxylic acids is 1. The molecule has 1 aromatic rings. The molecule has 0 bridgehead atoms. The summed E-state index contributed by atoms with van der Waals surface area (Å²) in [5, 5.41) is 22.9. The number of aromatic nitrogens is 2. The number of hydrogen-bond acceptors (Lipinski definition) is 4. The van der Waals surface area contributed by atoms with Crippen LogP contribution in [0.15, 0.2) is 12.4 Å². The standard InChI is InChI=1S/C11H18N4O4/c1-3-7(9-12-4-5-13-9)14-11(19)15-8(6(2)16)10(17)18/h4-8,16H,3H2,1-2H3,(H,12,13)(H,17,18)(H2,14,15,19). The van der Waals surface area contributed by atoms with E-state index in [0.717, 1.165) is 0 Å². The van der Waals surface area contributed by atoms with E-state index in [2.05, 4.69) is 20.6 Å². The molecule has 0 saturated carbocycles. The molecule has 0 aromatic carbocycles. The van der Waals surface area contributed by atoms with E-state index in [1.54, 1.807) is 12.4 Å². The SMILES string of the molecule is CCC(NC(=O)NC(C(=O)O)C(C)O)c1ncc[nH]1. The highest BCUT2D eigenvalue weighted by Crippen LogP contribution is 2.10. The molecule has 0 aliphatic rings. The van der Waals surface area contributed by atoms with E-state index in [1.807, 2.05) is 6.92 Å². The van der Waals surface area contributed by atoms with Gasteiger partial charge in [-0.05, 0) is 13.3 Å². The lowest BCUT2D eigenvalue weighted by Crippen LogP contribution is -2.51. The van der Waals surface area contributed by atoms with Crippen LogP contribution < -0.4 is 10.6 Å². The van der Waals surface area contributed by atoms with Gasteiger partial charge in [-0.15, -0.1) is 0 Å². The Morgan fingerprint density at radius 1 is 1.47 bits per heavy atom. The molecular weight excluding hydrogens is 252 g/mol. The van der Waals surface area contributed by atoms with E-state index < -0.39 is 24.1 Å². The van der Waals surface area contributed by atoms with E-state index in [0.29, 0.717) is 12.2 Å². The van der Waals surface area contributed by atoms with Crippen LogP contribution in [0.2, 0.25) is 0 Å². The van der Waals surface area contributed by atoms with Crippen molar-refractivity contribution in [1.82, 2.24) is 20.6 Å². The summed E-state index contributed by atoms with van der Waals surface area (Å²) in [6.07, 6.45) is 2.60. The van der Waals surface area contributed by atoms with E-state index in [1.165, 1.54) is 6.92 Å². The lowest BCUT2D eigenvalue weighted by molar-refractivity contribution is -0.141. The molecule has 1 heterocycles. The number of aromatic amines is 1. The molecule has 106 valence electrons. The molecule has 1 aromatic heterocycles. The fourth-order valence-electron chi connectivity index (χ4n) is 1.56. The first kappa shape index (κ1) is 15.0. The number of H-pyrrole nitrogens is 1. The van der Waals surface area contributed by atoms with Crippen LogP contribution >= 0.6 is 0 Å². The summed E-state index contributed by atoms with van der Waals surface area (Å²) in [6, 6.07) is -2.37. The van der Waals surface area contributed by atoms with Crippen molar-refractivity contribution in [1.29, 1.82) is 0 Å². The smallest absolute Gasteiger partial charge is 0.328 e. The van der Waals surface area contributed by atoms with Gasteiger partial charge in [0, 0.05) is 12.4 Å². The number of carboxylic acids is 1. The summed E-state index contributed by atoms with van der Waals surface area (Å²) in [5.74, 6) is -0.710. The van der Waals surface area contributed by atoms with Crippen LogP contribution in [0.5, 0.6) is 0 Å². The van der Waals surface area contributed by atoms with Crippen LogP contribution in [0.1, 0.15) is 32.1 Å². The van der Waals surface area contributed by atoms with Crippen LogP contribution in [-0.2, 0) is 4.79 Å². The topological polar surface area (TPSA) is 127 Å². The molecule has 0 saturated heterocycles. The first-order valence-electron chi connectivity index (χ1n) is 5.92. The van der Waals surface area contributed by atoms with Gasteiger partial charge in [-0.25, -0.2) is 14.6 Å². The summed E-state index contributed by atoms with van der Waals surface area (Å²) in [7, 11) is 0. The number of rotatable bonds is 6. The summed E-state index contributed by atoms with van der Waals surface area (Å²) in [5.41, 5.74) is 0. The molecule has 0 fully saturated rings. The summed E-state index contributed by atoms with van der Waals surface area (Å²) >= 11 is 0. The monoisotopic (exact) mass is 270 g/mol. The van der Waals surface area contributed by atoms with E-state index in [9.17, 15) is 14.7 Å². The Balaban J connectivity index is 2.61. The number of amides is 2. The van der Waals surface area contributed by atoms with Crippen molar-refractivity contribution >= 4 is 12.0 Å². The largest absolute Gasteiger partial charge is 0.480 e. The van der Waals surface area contributed by atoms with Gasteiger partial charge in [-0.1, -0.05) is 6.92 Å². The Morgan fingerprint density at radius 3 is 2.58 bits per heavy atom. The Hall–Kier alpha value is -2.09. The first-order valence-corrected chi connectivity index (χ1v) is 5.92. The number of hydrogen-bond donors (Lipinski definition) is 5. The average Bonchev–Trinajstić information content (AvgIpc) is 2.85. The van der Waals surface area contributed by atoms with Crippen molar-refractivity contribution in [2.24, 2.45) is 0 Å². The zero-order valence-electron chi connectivity index (χ0n) is 10.8. The highest BCUT2D eigenvalue weighted by atomic mass is 16.4. The fraction of sp³-hybridized carbons (Fsp3) is 0.545. The van der Waals surface area contributed by atoms with Crippen LogP contribution in [-0.4, -0.2) is 44.3 Å². The number of nitrogens with zero attached hydrogens (tertiary/aromatic N) is 1. The summed E-state index contributed by atoms with van der Waals surface area (Å²) < 4.78 is 0. The third-order valence-electron chi connectivity index (χ3n) is 2.60. The summed E-state index contributed by atoms with van der Waals surface area (Å²) in [4.78, 5) is 29.4. The molecule has 0 radical (unpaired) electrons. The maximum Gasteiger partial charge on any atom is 0.328 e. The average molecular weight is 270 g/mol. The maximum atomic E-state index is 11.7. The molecule has 8 nitrogen and oxygen atoms in total. The molecule has 1 rings (SSSR count). The van der Waals surface area contributed by atoms with Crippen molar-refractivity contribution in [3.05, 3.63) is 18.2 Å². The fourth-order valence-corrected chi connectivity index (χ4v) is 1.56. The minimum atomic E-state index is -1.35. The molecule has 3 unspecified atom stereocenters.